The molecule has 3 aliphatic rings. The predicted molar refractivity (Wildman–Crippen MR) is 82.1 cm³/mol. The molecule has 2 aliphatic heterocycles. The van der Waals surface area contributed by atoms with Crippen LogP contribution in [0.25, 0.3) is 0 Å². The number of nitrogens with zero attached hydrogens (tertiary/aromatic N) is 1. The lowest BCUT2D eigenvalue weighted by molar-refractivity contribution is 0.0909. The molecular formula is C17H22FN2O. The first-order valence-electron chi connectivity index (χ1n) is 7.92. The molecule has 1 unspecified atom stereocenters. The highest BCUT2D eigenvalue weighted by Crippen LogP contribution is 2.50. The van der Waals surface area contributed by atoms with E-state index < -0.39 is 0 Å². The van der Waals surface area contributed by atoms with E-state index in [1.54, 1.807) is 0 Å². The van der Waals surface area contributed by atoms with Crippen molar-refractivity contribution in [2.75, 3.05) is 23.7 Å². The lowest BCUT2D eigenvalue weighted by Gasteiger charge is -2.31. The highest BCUT2D eigenvalue weighted by Gasteiger charge is 2.47. The molecule has 1 saturated carbocycles. The minimum absolute atomic E-state index is 0.0464. The molecule has 0 spiro atoms. The third-order valence-electron chi connectivity index (χ3n) is 5.18. The first-order chi connectivity index (χ1) is 10.0. The maximum Gasteiger partial charge on any atom is 0.148 e. The normalized spacial score (nSPS) is 29.3. The number of benzene rings is 1. The monoisotopic (exact) mass is 289 g/mol. The summed E-state index contributed by atoms with van der Waals surface area (Å²) in [5.41, 5.74) is 9.21. The Morgan fingerprint density at radius 1 is 1.29 bits per heavy atom. The smallest absolute Gasteiger partial charge is 0.148 e. The third kappa shape index (κ3) is 2.25. The summed E-state index contributed by atoms with van der Waals surface area (Å²) in [6, 6.07) is 4.13. The molecule has 2 fully saturated rings. The van der Waals surface area contributed by atoms with Crippen molar-refractivity contribution in [3.05, 3.63) is 23.9 Å². The Kier molecular flexibility index (Phi) is 2.85. The molecule has 4 heteroatoms. The van der Waals surface area contributed by atoms with E-state index >= 15 is 0 Å². The highest BCUT2D eigenvalue weighted by molar-refractivity contribution is 5.72. The average molecular weight is 289 g/mol. The van der Waals surface area contributed by atoms with E-state index in [1.165, 1.54) is 18.4 Å². The maximum absolute atomic E-state index is 13.2. The van der Waals surface area contributed by atoms with Crippen LogP contribution in [0.4, 0.5) is 15.8 Å². The van der Waals surface area contributed by atoms with Gasteiger partial charge in [0.2, 0.25) is 0 Å². The van der Waals surface area contributed by atoms with Crippen LogP contribution in [0, 0.1) is 12.1 Å². The molecule has 2 N–H and O–H groups in total. The van der Waals surface area contributed by atoms with Crippen LogP contribution in [0.5, 0.6) is 5.75 Å². The van der Waals surface area contributed by atoms with Crippen molar-refractivity contribution in [2.24, 2.45) is 5.92 Å². The van der Waals surface area contributed by atoms with Gasteiger partial charge in [-0.3, -0.25) is 0 Å². The van der Waals surface area contributed by atoms with Gasteiger partial charge in [-0.2, -0.15) is 0 Å². The third-order valence-corrected chi connectivity index (χ3v) is 5.18. The Morgan fingerprint density at radius 3 is 2.67 bits per heavy atom. The first-order valence-corrected chi connectivity index (χ1v) is 7.92. The van der Waals surface area contributed by atoms with Gasteiger partial charge in [0.15, 0.2) is 0 Å². The average Bonchev–Trinajstić information content (AvgIpc) is 3.24. The van der Waals surface area contributed by atoms with E-state index in [0.717, 1.165) is 23.5 Å². The minimum Gasteiger partial charge on any atom is -0.487 e. The predicted octanol–water partition coefficient (Wildman–Crippen LogP) is 3.47. The molecule has 21 heavy (non-hydrogen) atoms. The number of nitrogen functional groups attached to an aromatic ring is 1. The Labute approximate surface area is 125 Å². The lowest BCUT2D eigenvalue weighted by atomic mass is 9.94. The maximum atomic E-state index is 13.2. The van der Waals surface area contributed by atoms with Crippen LogP contribution in [0.2, 0.25) is 0 Å². The molecule has 3 nitrogen and oxygen atoms in total. The van der Waals surface area contributed by atoms with Gasteiger partial charge in [0, 0.05) is 44.0 Å². The minimum atomic E-state index is -0.0464. The fourth-order valence-corrected chi connectivity index (χ4v) is 3.72. The molecular weight excluding hydrogens is 267 g/mol. The summed E-state index contributed by atoms with van der Waals surface area (Å²) in [4.78, 5) is 2.18. The number of hydrogen-bond donors (Lipinski definition) is 1. The van der Waals surface area contributed by atoms with Crippen LogP contribution in [0.15, 0.2) is 12.1 Å². The van der Waals surface area contributed by atoms with Crippen LogP contribution >= 0.6 is 0 Å². The van der Waals surface area contributed by atoms with Crippen molar-refractivity contribution in [1.82, 2.24) is 0 Å². The molecule has 1 aromatic rings. The SMILES string of the molecule is CC1(C2CC2)Cc2cc(N)c(N3CC[C](F)CC3)cc2O1. The summed E-state index contributed by atoms with van der Waals surface area (Å²) in [6.07, 6.45) is 4.62. The van der Waals surface area contributed by atoms with Crippen molar-refractivity contribution in [1.29, 1.82) is 0 Å². The van der Waals surface area contributed by atoms with Crippen molar-refractivity contribution in [3.63, 3.8) is 0 Å². The van der Waals surface area contributed by atoms with E-state index in [0.29, 0.717) is 31.8 Å². The van der Waals surface area contributed by atoms with Crippen LogP contribution < -0.4 is 15.4 Å². The molecule has 113 valence electrons. The fraction of sp³-hybridized carbons (Fsp3) is 0.588. The number of nitrogens with two attached hydrogens (primary N) is 1. The van der Waals surface area contributed by atoms with Gasteiger partial charge in [0.1, 0.15) is 17.5 Å². The van der Waals surface area contributed by atoms with Gasteiger partial charge in [0.05, 0.1) is 11.4 Å². The zero-order valence-electron chi connectivity index (χ0n) is 12.5. The van der Waals surface area contributed by atoms with Crippen molar-refractivity contribution >= 4 is 11.4 Å². The summed E-state index contributed by atoms with van der Waals surface area (Å²) >= 11 is 0. The lowest BCUT2D eigenvalue weighted by Crippen LogP contribution is -2.33. The molecule has 0 amide bonds. The number of halogens is 1. The van der Waals surface area contributed by atoms with E-state index in [1.807, 2.05) is 0 Å². The van der Waals surface area contributed by atoms with Gasteiger partial charge in [-0.1, -0.05) is 0 Å². The van der Waals surface area contributed by atoms with Crippen LogP contribution in [0.1, 0.15) is 38.2 Å². The topological polar surface area (TPSA) is 38.5 Å². The summed E-state index contributed by atoms with van der Waals surface area (Å²) in [5, 5.41) is 0. The van der Waals surface area contributed by atoms with Crippen molar-refractivity contribution < 1.29 is 9.13 Å². The highest BCUT2D eigenvalue weighted by atomic mass is 19.1. The second-order valence-electron chi connectivity index (χ2n) is 6.89. The van der Waals surface area contributed by atoms with E-state index in [2.05, 4.69) is 24.0 Å². The van der Waals surface area contributed by atoms with Gasteiger partial charge in [-0.05, 0) is 31.7 Å². The Balaban J connectivity index is 1.60. The fourth-order valence-electron chi connectivity index (χ4n) is 3.72. The van der Waals surface area contributed by atoms with Crippen LogP contribution in [-0.4, -0.2) is 18.7 Å². The summed E-state index contributed by atoms with van der Waals surface area (Å²) < 4.78 is 19.5. The Hall–Kier alpha value is -1.45. The van der Waals surface area contributed by atoms with E-state index in [-0.39, 0.29) is 11.8 Å². The number of anilines is 2. The zero-order valence-corrected chi connectivity index (χ0v) is 12.5. The van der Waals surface area contributed by atoms with Gasteiger partial charge >= 0.3 is 0 Å². The van der Waals surface area contributed by atoms with Crippen molar-refractivity contribution in [2.45, 2.75) is 44.6 Å². The van der Waals surface area contributed by atoms with Gasteiger partial charge in [-0.15, -0.1) is 0 Å². The van der Waals surface area contributed by atoms with Gasteiger partial charge in [0.25, 0.3) is 0 Å². The number of fused-ring (bicyclic) bond motifs is 1. The number of rotatable bonds is 2. The summed E-state index contributed by atoms with van der Waals surface area (Å²) in [7, 11) is 0. The molecule has 0 bridgehead atoms. The molecule has 1 radical (unpaired) electrons. The standard InChI is InChI=1S/C17H22FN2O/c1-17(12-2-3-12)10-11-8-14(19)15(9-16(11)21-17)20-6-4-13(18)5-7-20/h8-9,12H,2-7,10,19H2,1H3. The van der Waals surface area contributed by atoms with Gasteiger partial charge < -0.3 is 15.4 Å². The summed E-state index contributed by atoms with van der Waals surface area (Å²) in [5.74, 6) is 1.66. The second kappa shape index (κ2) is 4.52. The van der Waals surface area contributed by atoms with Crippen LogP contribution in [-0.2, 0) is 6.42 Å². The van der Waals surface area contributed by atoms with Gasteiger partial charge in [-0.25, -0.2) is 4.39 Å². The second-order valence-corrected chi connectivity index (χ2v) is 6.89. The number of piperidine rings is 1. The Morgan fingerprint density at radius 2 is 2.00 bits per heavy atom. The molecule has 2 heterocycles. The van der Waals surface area contributed by atoms with E-state index in [4.69, 9.17) is 10.5 Å². The van der Waals surface area contributed by atoms with Crippen molar-refractivity contribution in [3.8, 4) is 5.75 Å². The zero-order chi connectivity index (χ0) is 14.6. The molecule has 1 aliphatic carbocycles. The first kappa shape index (κ1) is 13.2. The number of hydrogen-bond acceptors (Lipinski definition) is 3. The number of ether oxygens (including phenoxy) is 1. The summed E-state index contributed by atoms with van der Waals surface area (Å²) in [6.45, 7) is 3.62. The molecule has 1 saturated heterocycles. The molecule has 4 rings (SSSR count). The molecule has 1 atom stereocenters. The molecule has 0 aromatic heterocycles. The largest absolute Gasteiger partial charge is 0.487 e. The van der Waals surface area contributed by atoms with Crippen LogP contribution in [0.3, 0.4) is 0 Å². The quantitative estimate of drug-likeness (QED) is 0.847. The molecule has 1 aromatic carbocycles. The van der Waals surface area contributed by atoms with E-state index in [9.17, 15) is 4.39 Å². The Bertz CT molecular complexity index is 564.